The van der Waals surface area contributed by atoms with Crippen molar-refractivity contribution in [2.24, 2.45) is 0 Å². The lowest BCUT2D eigenvalue weighted by Crippen LogP contribution is -2.23. The molecule has 0 saturated heterocycles. The van der Waals surface area contributed by atoms with Crippen LogP contribution in [0, 0.1) is 20.8 Å². The molecule has 0 amide bonds. The highest BCUT2D eigenvalue weighted by Gasteiger charge is 2.21. The van der Waals surface area contributed by atoms with Gasteiger partial charge in [-0.15, -0.1) is 11.3 Å². The maximum atomic E-state index is 5.53. The van der Waals surface area contributed by atoms with Crippen molar-refractivity contribution in [1.82, 2.24) is 5.32 Å². The van der Waals surface area contributed by atoms with Gasteiger partial charge in [-0.25, -0.2) is 0 Å². The summed E-state index contributed by atoms with van der Waals surface area (Å²) in [4.78, 5) is 1.26. The molecule has 1 atom stereocenters. The van der Waals surface area contributed by atoms with Crippen LogP contribution in [-0.4, -0.2) is 13.7 Å². The Hall–Kier alpha value is -1.32. The Kier molecular flexibility index (Phi) is 5.43. The van der Waals surface area contributed by atoms with Crippen molar-refractivity contribution in [3.63, 3.8) is 0 Å². The van der Waals surface area contributed by atoms with Crippen LogP contribution in [0.2, 0.25) is 0 Å². The van der Waals surface area contributed by atoms with Gasteiger partial charge in [0.25, 0.3) is 0 Å². The summed E-state index contributed by atoms with van der Waals surface area (Å²) < 4.78 is 5.53. The number of nitrogens with one attached hydrogen (secondary N) is 1. The van der Waals surface area contributed by atoms with Gasteiger partial charge in [0, 0.05) is 0 Å². The maximum absolute atomic E-state index is 5.53. The third kappa shape index (κ3) is 3.47. The summed E-state index contributed by atoms with van der Waals surface area (Å²) in [6.45, 7) is 9.75. The summed E-state index contributed by atoms with van der Waals surface area (Å²) in [5.41, 5.74) is 5.38. The Balaban J connectivity index is 2.48. The number of thiophene rings is 1. The fourth-order valence-corrected chi connectivity index (χ4v) is 3.57. The van der Waals surface area contributed by atoms with Gasteiger partial charge in [0.05, 0.1) is 18.0 Å². The Morgan fingerprint density at radius 2 is 1.86 bits per heavy atom. The number of rotatable bonds is 6. The van der Waals surface area contributed by atoms with E-state index in [4.69, 9.17) is 4.74 Å². The average molecular weight is 303 g/mol. The number of benzene rings is 1. The molecule has 0 aliphatic heterocycles. The lowest BCUT2D eigenvalue weighted by molar-refractivity contribution is 0.407. The summed E-state index contributed by atoms with van der Waals surface area (Å²) >= 11 is 1.76. The van der Waals surface area contributed by atoms with E-state index in [0.717, 1.165) is 18.7 Å². The quantitative estimate of drug-likeness (QED) is 0.830. The molecular weight excluding hydrogens is 278 g/mol. The number of ether oxygens (including phenoxy) is 1. The Labute approximate surface area is 132 Å². The smallest absolute Gasteiger partial charge is 0.134 e. The van der Waals surface area contributed by atoms with Crippen LogP contribution in [0.1, 0.15) is 46.5 Å². The van der Waals surface area contributed by atoms with Gasteiger partial charge in [0.15, 0.2) is 0 Å². The summed E-state index contributed by atoms with van der Waals surface area (Å²) in [5.74, 6) is 0.978. The molecule has 0 saturated carbocycles. The number of hydrogen-bond acceptors (Lipinski definition) is 3. The molecule has 1 N–H and O–H groups in total. The van der Waals surface area contributed by atoms with E-state index in [2.05, 4.69) is 56.6 Å². The second-order valence-corrected chi connectivity index (χ2v) is 6.48. The molecule has 1 unspecified atom stereocenters. The van der Waals surface area contributed by atoms with Crippen LogP contribution in [0.4, 0.5) is 0 Å². The number of hydrogen-bond donors (Lipinski definition) is 1. The third-order valence-electron chi connectivity index (χ3n) is 3.93. The molecule has 0 spiro atoms. The standard InChI is InChI=1S/C18H25NOS/c1-6-8-19-17(18-16(20-5)7-9-21-18)15-11-13(3)12(2)10-14(15)4/h7,9-11,17,19H,6,8H2,1-5H3. The molecule has 2 aromatic rings. The molecule has 0 aliphatic carbocycles. The van der Waals surface area contributed by atoms with Gasteiger partial charge < -0.3 is 10.1 Å². The molecule has 1 aromatic carbocycles. The number of aryl methyl sites for hydroxylation is 3. The third-order valence-corrected chi connectivity index (χ3v) is 4.89. The highest BCUT2D eigenvalue weighted by atomic mass is 32.1. The first kappa shape index (κ1) is 16.1. The highest BCUT2D eigenvalue weighted by Crippen LogP contribution is 2.36. The van der Waals surface area contributed by atoms with Crippen LogP contribution in [0.5, 0.6) is 5.75 Å². The van der Waals surface area contributed by atoms with E-state index in [1.807, 2.05) is 0 Å². The molecule has 0 radical (unpaired) electrons. The first-order chi connectivity index (χ1) is 10.1. The van der Waals surface area contributed by atoms with Crippen LogP contribution in [-0.2, 0) is 0 Å². The van der Waals surface area contributed by atoms with Crippen molar-refractivity contribution in [1.29, 1.82) is 0 Å². The molecule has 0 fully saturated rings. The van der Waals surface area contributed by atoms with Crippen LogP contribution in [0.3, 0.4) is 0 Å². The molecule has 0 aliphatic rings. The highest BCUT2D eigenvalue weighted by molar-refractivity contribution is 7.10. The molecule has 2 rings (SSSR count). The van der Waals surface area contributed by atoms with Gasteiger partial charge in [0.1, 0.15) is 5.75 Å². The zero-order valence-electron chi connectivity index (χ0n) is 13.6. The lowest BCUT2D eigenvalue weighted by Gasteiger charge is -2.22. The van der Waals surface area contributed by atoms with Gasteiger partial charge in [-0.2, -0.15) is 0 Å². The summed E-state index contributed by atoms with van der Waals surface area (Å²) in [7, 11) is 1.75. The fraction of sp³-hybridized carbons (Fsp3) is 0.444. The van der Waals surface area contributed by atoms with E-state index in [-0.39, 0.29) is 6.04 Å². The predicted octanol–water partition coefficient (Wildman–Crippen LogP) is 4.77. The van der Waals surface area contributed by atoms with Crippen molar-refractivity contribution >= 4 is 11.3 Å². The maximum Gasteiger partial charge on any atom is 0.134 e. The molecule has 2 nitrogen and oxygen atoms in total. The van der Waals surface area contributed by atoms with Gasteiger partial charge in [-0.1, -0.05) is 19.1 Å². The molecule has 0 bridgehead atoms. The zero-order chi connectivity index (χ0) is 15.4. The Bertz CT molecular complexity index is 603. The van der Waals surface area contributed by atoms with Crippen LogP contribution < -0.4 is 10.1 Å². The van der Waals surface area contributed by atoms with Crippen LogP contribution in [0.25, 0.3) is 0 Å². The van der Waals surface area contributed by atoms with Gasteiger partial charge >= 0.3 is 0 Å². The second kappa shape index (κ2) is 7.10. The minimum absolute atomic E-state index is 0.208. The van der Waals surface area contributed by atoms with Crippen LogP contribution in [0.15, 0.2) is 23.6 Å². The van der Waals surface area contributed by atoms with Gasteiger partial charge in [-0.05, 0) is 67.4 Å². The predicted molar refractivity (Wildman–Crippen MR) is 91.7 cm³/mol. The van der Waals surface area contributed by atoms with E-state index in [9.17, 15) is 0 Å². The molecule has 1 heterocycles. The molecule has 3 heteroatoms. The fourth-order valence-electron chi connectivity index (χ4n) is 2.61. The van der Waals surface area contributed by atoms with E-state index in [1.165, 1.54) is 27.1 Å². The minimum atomic E-state index is 0.208. The van der Waals surface area contributed by atoms with E-state index < -0.39 is 0 Å². The first-order valence-electron chi connectivity index (χ1n) is 7.51. The summed E-state index contributed by atoms with van der Waals surface area (Å²) in [5, 5.41) is 5.78. The van der Waals surface area contributed by atoms with Crippen molar-refractivity contribution in [3.05, 3.63) is 50.7 Å². The second-order valence-electron chi connectivity index (χ2n) is 5.53. The molecule has 1 aromatic heterocycles. The van der Waals surface area contributed by atoms with E-state index in [0.29, 0.717) is 0 Å². The molecule has 21 heavy (non-hydrogen) atoms. The monoisotopic (exact) mass is 303 g/mol. The van der Waals surface area contributed by atoms with E-state index in [1.54, 1.807) is 18.4 Å². The molecule has 114 valence electrons. The lowest BCUT2D eigenvalue weighted by atomic mass is 9.94. The van der Waals surface area contributed by atoms with Gasteiger partial charge in [-0.3, -0.25) is 0 Å². The average Bonchev–Trinajstić information content (AvgIpc) is 2.93. The first-order valence-corrected chi connectivity index (χ1v) is 8.39. The van der Waals surface area contributed by atoms with Crippen molar-refractivity contribution in [2.45, 2.75) is 40.2 Å². The van der Waals surface area contributed by atoms with Crippen molar-refractivity contribution in [3.8, 4) is 5.75 Å². The minimum Gasteiger partial charge on any atom is -0.496 e. The SMILES string of the molecule is CCCNC(c1cc(C)c(C)cc1C)c1sccc1OC. The zero-order valence-corrected chi connectivity index (χ0v) is 14.4. The Morgan fingerprint density at radius 1 is 1.14 bits per heavy atom. The van der Waals surface area contributed by atoms with Crippen molar-refractivity contribution in [2.75, 3.05) is 13.7 Å². The normalized spacial score (nSPS) is 12.4. The summed E-state index contributed by atoms with van der Waals surface area (Å²) in [6.07, 6.45) is 1.12. The largest absolute Gasteiger partial charge is 0.496 e. The Morgan fingerprint density at radius 3 is 2.52 bits per heavy atom. The summed E-state index contributed by atoms with van der Waals surface area (Å²) in [6, 6.07) is 6.86. The van der Waals surface area contributed by atoms with Gasteiger partial charge in [0.2, 0.25) is 0 Å². The van der Waals surface area contributed by atoms with Crippen LogP contribution >= 0.6 is 11.3 Å². The molecular formula is C18H25NOS. The van der Waals surface area contributed by atoms with E-state index >= 15 is 0 Å². The van der Waals surface area contributed by atoms with Crippen molar-refractivity contribution < 1.29 is 4.74 Å². The number of methoxy groups -OCH3 is 1. The topological polar surface area (TPSA) is 21.3 Å².